The molecule has 6 nitrogen and oxygen atoms in total. The first-order valence-corrected chi connectivity index (χ1v) is 12.4. The minimum Gasteiger partial charge on any atom is -0.446 e. The van der Waals surface area contributed by atoms with Crippen LogP contribution in [-0.4, -0.2) is 24.3 Å². The van der Waals surface area contributed by atoms with Crippen molar-refractivity contribution in [3.05, 3.63) is 125 Å². The quantitative estimate of drug-likeness (QED) is 0.233. The Labute approximate surface area is 232 Å². The number of carbonyl (C=O) groups is 3. The van der Waals surface area contributed by atoms with Crippen LogP contribution in [-0.2, 0) is 20.5 Å². The number of esters is 1. The molecule has 0 radical (unpaired) electrons. The van der Waals surface area contributed by atoms with Gasteiger partial charge in [0.25, 0.3) is 11.8 Å². The van der Waals surface area contributed by atoms with Gasteiger partial charge in [0.05, 0.1) is 10.6 Å². The van der Waals surface area contributed by atoms with Crippen LogP contribution in [0.5, 0.6) is 0 Å². The van der Waals surface area contributed by atoms with Crippen LogP contribution in [0.2, 0.25) is 5.02 Å². The Kier molecular flexibility index (Phi) is 8.86. The molecule has 0 aliphatic heterocycles. The summed E-state index contributed by atoms with van der Waals surface area (Å²) in [6.07, 6.45) is -6.23. The predicted molar refractivity (Wildman–Crippen MR) is 145 cm³/mol. The SMILES string of the molecule is O=C(CNC(=O)c1ccc(-c2ccccc2)cc1)O[C@@H](C(=O)Nc1ccc(Cl)c(C(F)(F)F)c1)c1ccccc1. The molecule has 40 heavy (non-hydrogen) atoms. The zero-order valence-electron chi connectivity index (χ0n) is 20.7. The van der Waals surface area contributed by atoms with Gasteiger partial charge in [-0.2, -0.15) is 13.2 Å². The summed E-state index contributed by atoms with van der Waals surface area (Å²) in [5.41, 5.74) is 1.17. The molecule has 0 aromatic heterocycles. The summed E-state index contributed by atoms with van der Waals surface area (Å²) in [7, 11) is 0. The lowest BCUT2D eigenvalue weighted by Gasteiger charge is -2.19. The standard InChI is InChI=1S/C30H22ClF3N2O4/c31-25-16-15-23(17-24(25)30(32,33)34)36-29(39)27(21-9-5-2-6-10-21)40-26(37)18-35-28(38)22-13-11-20(12-14-22)19-7-3-1-4-8-19/h1-17,27H,18H2,(H,35,38)(H,36,39)/t27-/m1/s1. The minimum atomic E-state index is -4.73. The third-order valence-corrected chi connectivity index (χ3v) is 6.11. The van der Waals surface area contributed by atoms with E-state index in [9.17, 15) is 27.6 Å². The molecule has 4 aromatic carbocycles. The lowest BCUT2D eigenvalue weighted by molar-refractivity contribution is -0.153. The van der Waals surface area contributed by atoms with Gasteiger partial charge in [-0.1, -0.05) is 84.4 Å². The first-order valence-electron chi connectivity index (χ1n) is 12.0. The molecule has 1 atom stereocenters. The monoisotopic (exact) mass is 566 g/mol. The number of rotatable bonds is 8. The van der Waals surface area contributed by atoms with E-state index in [4.69, 9.17) is 16.3 Å². The molecule has 0 aliphatic carbocycles. The third kappa shape index (κ3) is 7.27. The average Bonchev–Trinajstić information content (AvgIpc) is 2.96. The topological polar surface area (TPSA) is 84.5 Å². The number of carbonyl (C=O) groups excluding carboxylic acids is 3. The smallest absolute Gasteiger partial charge is 0.417 e. The first-order chi connectivity index (χ1) is 19.1. The molecule has 0 fully saturated rings. The largest absolute Gasteiger partial charge is 0.446 e. The summed E-state index contributed by atoms with van der Waals surface area (Å²) in [5.74, 6) is -2.35. The van der Waals surface area contributed by atoms with Crippen molar-refractivity contribution in [1.82, 2.24) is 5.32 Å². The zero-order valence-corrected chi connectivity index (χ0v) is 21.5. The van der Waals surface area contributed by atoms with E-state index < -0.39 is 47.2 Å². The molecular weight excluding hydrogens is 545 g/mol. The summed E-state index contributed by atoms with van der Waals surface area (Å²) in [4.78, 5) is 38.2. The van der Waals surface area contributed by atoms with Crippen LogP contribution in [0.1, 0.15) is 27.6 Å². The van der Waals surface area contributed by atoms with Crippen molar-refractivity contribution in [2.75, 3.05) is 11.9 Å². The number of ether oxygens (including phenoxy) is 1. The Hall–Kier alpha value is -4.63. The van der Waals surface area contributed by atoms with Crippen LogP contribution in [0.25, 0.3) is 11.1 Å². The second-order valence-corrected chi connectivity index (χ2v) is 9.00. The highest BCUT2D eigenvalue weighted by atomic mass is 35.5. The van der Waals surface area contributed by atoms with Gasteiger partial charge >= 0.3 is 12.1 Å². The van der Waals surface area contributed by atoms with E-state index in [1.54, 1.807) is 42.5 Å². The average molecular weight is 567 g/mol. The molecule has 0 unspecified atom stereocenters. The highest BCUT2D eigenvalue weighted by molar-refractivity contribution is 6.31. The van der Waals surface area contributed by atoms with Crippen LogP contribution in [0.4, 0.5) is 18.9 Å². The maximum atomic E-state index is 13.2. The molecule has 0 aliphatic rings. The maximum absolute atomic E-state index is 13.2. The summed E-state index contributed by atoms with van der Waals surface area (Å²) in [6, 6.07) is 27.2. The lowest BCUT2D eigenvalue weighted by Crippen LogP contribution is -2.33. The van der Waals surface area contributed by atoms with Crippen molar-refractivity contribution in [1.29, 1.82) is 0 Å². The van der Waals surface area contributed by atoms with Crippen molar-refractivity contribution >= 4 is 35.1 Å². The summed E-state index contributed by atoms with van der Waals surface area (Å²) in [5, 5.41) is 4.26. The molecule has 0 heterocycles. The number of hydrogen-bond donors (Lipinski definition) is 2. The van der Waals surface area contributed by atoms with Crippen molar-refractivity contribution in [3.63, 3.8) is 0 Å². The van der Waals surface area contributed by atoms with Crippen LogP contribution in [0, 0.1) is 0 Å². The molecule has 0 saturated carbocycles. The third-order valence-electron chi connectivity index (χ3n) is 5.78. The van der Waals surface area contributed by atoms with Gasteiger partial charge < -0.3 is 15.4 Å². The van der Waals surface area contributed by atoms with Crippen molar-refractivity contribution in [2.24, 2.45) is 0 Å². The normalized spacial score (nSPS) is 11.8. The van der Waals surface area contributed by atoms with E-state index in [1.807, 2.05) is 30.3 Å². The number of anilines is 1. The van der Waals surface area contributed by atoms with E-state index >= 15 is 0 Å². The Morgan fingerprint density at radius 3 is 2.02 bits per heavy atom. The van der Waals surface area contributed by atoms with Gasteiger partial charge in [0.15, 0.2) is 0 Å². The fourth-order valence-corrected chi connectivity index (χ4v) is 4.03. The highest BCUT2D eigenvalue weighted by Gasteiger charge is 2.34. The summed E-state index contributed by atoms with van der Waals surface area (Å²) in [6.45, 7) is -0.547. The van der Waals surface area contributed by atoms with Gasteiger partial charge in [0, 0.05) is 16.8 Å². The fourth-order valence-electron chi connectivity index (χ4n) is 3.80. The molecule has 0 bridgehead atoms. The summed E-state index contributed by atoms with van der Waals surface area (Å²) < 4.78 is 45.0. The van der Waals surface area contributed by atoms with Gasteiger partial charge in [-0.15, -0.1) is 0 Å². The van der Waals surface area contributed by atoms with Crippen molar-refractivity contribution in [2.45, 2.75) is 12.3 Å². The first kappa shape index (κ1) is 28.4. The van der Waals surface area contributed by atoms with Crippen molar-refractivity contribution in [3.8, 4) is 11.1 Å². The number of benzene rings is 4. The van der Waals surface area contributed by atoms with Gasteiger partial charge in [-0.25, -0.2) is 0 Å². The summed E-state index contributed by atoms with van der Waals surface area (Å²) >= 11 is 5.65. The number of amides is 2. The fraction of sp³-hybridized carbons (Fsp3) is 0.100. The number of nitrogens with one attached hydrogen (secondary N) is 2. The van der Waals surface area contributed by atoms with E-state index in [2.05, 4.69) is 10.6 Å². The Balaban J connectivity index is 1.42. The van der Waals surface area contributed by atoms with Gasteiger partial charge in [0.1, 0.15) is 6.54 Å². The Morgan fingerprint density at radius 2 is 1.40 bits per heavy atom. The van der Waals surface area contributed by atoms with Gasteiger partial charge in [0.2, 0.25) is 6.10 Å². The molecule has 2 amide bonds. The van der Waals surface area contributed by atoms with Crippen LogP contribution < -0.4 is 10.6 Å². The predicted octanol–water partition coefficient (Wildman–Crippen LogP) is 6.68. The Bertz CT molecular complexity index is 1500. The molecule has 4 rings (SSSR count). The molecule has 10 heteroatoms. The van der Waals surface area contributed by atoms with E-state index in [-0.39, 0.29) is 11.3 Å². The molecule has 0 saturated heterocycles. The highest BCUT2D eigenvalue weighted by Crippen LogP contribution is 2.36. The van der Waals surface area contributed by atoms with Gasteiger partial charge in [-0.05, 0) is 41.5 Å². The Morgan fingerprint density at radius 1 is 0.800 bits per heavy atom. The molecule has 0 spiro atoms. The number of halogens is 4. The molecule has 204 valence electrons. The number of alkyl halides is 3. The van der Waals surface area contributed by atoms with Crippen LogP contribution in [0.15, 0.2) is 103 Å². The van der Waals surface area contributed by atoms with E-state index in [1.165, 1.54) is 18.2 Å². The zero-order chi connectivity index (χ0) is 28.7. The van der Waals surface area contributed by atoms with Crippen LogP contribution in [0.3, 0.4) is 0 Å². The second kappa shape index (κ2) is 12.5. The second-order valence-electron chi connectivity index (χ2n) is 8.59. The van der Waals surface area contributed by atoms with Gasteiger partial charge in [-0.3, -0.25) is 14.4 Å². The van der Waals surface area contributed by atoms with E-state index in [0.29, 0.717) is 11.6 Å². The van der Waals surface area contributed by atoms with Crippen molar-refractivity contribution < 1.29 is 32.3 Å². The lowest BCUT2D eigenvalue weighted by atomic mass is 10.0. The minimum absolute atomic E-state index is 0.189. The maximum Gasteiger partial charge on any atom is 0.417 e. The molecule has 4 aromatic rings. The number of hydrogen-bond acceptors (Lipinski definition) is 4. The van der Waals surface area contributed by atoms with Crippen LogP contribution >= 0.6 is 11.6 Å². The molecule has 2 N–H and O–H groups in total. The molecular formula is C30H22ClF3N2O4. The van der Waals surface area contributed by atoms with E-state index in [0.717, 1.165) is 17.2 Å².